The second kappa shape index (κ2) is 10.4. The largest absolute Gasteiger partial charge is 0.399 e. The number of aryl methyl sites for hydroxylation is 1. The Morgan fingerprint density at radius 2 is 2.00 bits per heavy atom. The summed E-state index contributed by atoms with van der Waals surface area (Å²) in [5, 5.41) is 12.2. The predicted octanol–water partition coefficient (Wildman–Crippen LogP) is 3.47. The molecule has 1 fully saturated rings. The third-order valence-corrected chi connectivity index (χ3v) is 8.01. The van der Waals surface area contributed by atoms with Crippen LogP contribution in [0, 0.1) is 0 Å². The van der Waals surface area contributed by atoms with E-state index in [2.05, 4.69) is 20.5 Å². The van der Waals surface area contributed by atoms with Crippen LogP contribution in [0.2, 0.25) is 0 Å². The number of rotatable bonds is 6. The van der Waals surface area contributed by atoms with Crippen molar-refractivity contribution in [2.45, 2.75) is 31.8 Å². The minimum absolute atomic E-state index is 0.154. The molecule has 0 unspecified atom stereocenters. The Balaban J connectivity index is 1.10. The van der Waals surface area contributed by atoms with Crippen LogP contribution in [-0.2, 0) is 24.1 Å². The Bertz CT molecular complexity index is 1390. The lowest BCUT2D eigenvalue weighted by atomic mass is 9.96. The minimum atomic E-state index is -0.154. The van der Waals surface area contributed by atoms with Crippen LogP contribution in [0.4, 0.5) is 10.8 Å². The number of benzene rings is 2. The Kier molecular flexibility index (Phi) is 6.69. The Morgan fingerprint density at radius 3 is 2.84 bits per heavy atom. The Morgan fingerprint density at radius 1 is 1.16 bits per heavy atom. The Labute approximate surface area is 219 Å². The molecule has 6 rings (SSSR count). The topological polar surface area (TPSA) is 111 Å². The summed E-state index contributed by atoms with van der Waals surface area (Å²) < 4.78 is 7.27. The number of aromatic nitrogens is 4. The standard InChI is InChI=1S/C27H29N7O2S/c28-21-6-4-19(5-7-21)24-17-34(32-31-24)16-18-2-1-3-20(14-18)26(35)30-27-29-23-9-8-22(15-25(23)37-27)33-10-12-36-13-11-33/h1-7,14,17,22H,8-13,15-16,28H2,(H,29,30,35)/t22-/m0/s1. The summed E-state index contributed by atoms with van der Waals surface area (Å²) in [5.74, 6) is -0.154. The third kappa shape index (κ3) is 5.41. The van der Waals surface area contributed by atoms with Gasteiger partial charge in [0.2, 0.25) is 0 Å². The fraction of sp³-hybridized carbons (Fsp3) is 0.333. The number of fused-ring (bicyclic) bond motifs is 1. The molecule has 2 aliphatic rings. The average molecular weight is 516 g/mol. The number of carbonyl (C=O) groups is 1. The molecule has 1 saturated heterocycles. The first kappa shape index (κ1) is 23.8. The molecule has 2 aromatic carbocycles. The van der Waals surface area contributed by atoms with Gasteiger partial charge in [-0.15, -0.1) is 16.4 Å². The van der Waals surface area contributed by atoms with Gasteiger partial charge < -0.3 is 10.5 Å². The number of ether oxygens (including phenoxy) is 1. The SMILES string of the molecule is Nc1ccc(-c2cn(Cc3cccc(C(=O)Nc4nc5c(s4)C[C@@H](N4CCOCC4)CC5)c3)nn2)cc1. The molecule has 4 aromatic rings. The molecule has 3 heterocycles. The summed E-state index contributed by atoms with van der Waals surface area (Å²) in [5.41, 5.74) is 10.9. The highest BCUT2D eigenvalue weighted by Crippen LogP contribution is 2.32. The van der Waals surface area contributed by atoms with Crippen LogP contribution < -0.4 is 11.1 Å². The molecule has 0 bridgehead atoms. The molecule has 3 N–H and O–H groups in total. The molecule has 0 saturated carbocycles. The van der Waals surface area contributed by atoms with Gasteiger partial charge in [-0.3, -0.25) is 15.0 Å². The van der Waals surface area contributed by atoms with Crippen LogP contribution in [-0.4, -0.2) is 63.1 Å². The molecule has 1 amide bonds. The van der Waals surface area contributed by atoms with E-state index in [1.165, 1.54) is 4.88 Å². The van der Waals surface area contributed by atoms with Crippen LogP contribution in [0.1, 0.15) is 32.9 Å². The second-order valence-corrected chi connectivity index (χ2v) is 10.6. The molecule has 37 heavy (non-hydrogen) atoms. The van der Waals surface area contributed by atoms with Gasteiger partial charge in [0.25, 0.3) is 5.91 Å². The number of hydrogen-bond donors (Lipinski definition) is 2. The fourth-order valence-electron chi connectivity index (χ4n) is 4.99. The lowest BCUT2D eigenvalue weighted by Crippen LogP contribution is -2.45. The van der Waals surface area contributed by atoms with E-state index < -0.39 is 0 Å². The highest BCUT2D eigenvalue weighted by molar-refractivity contribution is 7.15. The van der Waals surface area contributed by atoms with Crippen molar-refractivity contribution in [1.82, 2.24) is 24.9 Å². The molecule has 190 valence electrons. The zero-order chi connectivity index (χ0) is 25.2. The summed E-state index contributed by atoms with van der Waals surface area (Å²) in [6.07, 6.45) is 4.95. The molecule has 1 aliphatic carbocycles. The normalized spacial score (nSPS) is 17.9. The molecule has 10 heteroatoms. The van der Waals surface area contributed by atoms with E-state index in [1.54, 1.807) is 16.0 Å². The molecular formula is C27H29N7O2S. The van der Waals surface area contributed by atoms with E-state index in [1.807, 2.05) is 54.7 Å². The van der Waals surface area contributed by atoms with Crippen molar-refractivity contribution in [1.29, 1.82) is 0 Å². The maximum absolute atomic E-state index is 13.0. The number of nitrogen functional groups attached to an aromatic ring is 1. The van der Waals surface area contributed by atoms with Gasteiger partial charge in [-0.25, -0.2) is 9.67 Å². The van der Waals surface area contributed by atoms with E-state index in [0.717, 1.165) is 68.1 Å². The molecule has 0 radical (unpaired) electrons. The van der Waals surface area contributed by atoms with Gasteiger partial charge in [0.1, 0.15) is 5.69 Å². The van der Waals surface area contributed by atoms with Crippen LogP contribution >= 0.6 is 11.3 Å². The summed E-state index contributed by atoms with van der Waals surface area (Å²) in [4.78, 5) is 21.6. The van der Waals surface area contributed by atoms with Crippen LogP contribution in [0.25, 0.3) is 11.3 Å². The Hall–Kier alpha value is -3.60. The summed E-state index contributed by atoms with van der Waals surface area (Å²) in [6, 6.07) is 15.7. The number of thiazole rings is 1. The van der Waals surface area contributed by atoms with Crippen molar-refractivity contribution in [2.75, 3.05) is 37.4 Å². The van der Waals surface area contributed by atoms with Crippen LogP contribution in [0.5, 0.6) is 0 Å². The monoisotopic (exact) mass is 515 g/mol. The molecule has 1 aliphatic heterocycles. The van der Waals surface area contributed by atoms with Crippen molar-refractivity contribution in [3.05, 3.63) is 76.4 Å². The first-order valence-corrected chi connectivity index (χ1v) is 13.4. The van der Waals surface area contributed by atoms with E-state index in [0.29, 0.717) is 29.0 Å². The third-order valence-electron chi connectivity index (χ3n) is 6.98. The highest BCUT2D eigenvalue weighted by Gasteiger charge is 2.28. The van der Waals surface area contributed by atoms with Gasteiger partial charge in [0.15, 0.2) is 5.13 Å². The maximum Gasteiger partial charge on any atom is 0.257 e. The van der Waals surface area contributed by atoms with Gasteiger partial charge in [-0.05, 0) is 49.1 Å². The highest BCUT2D eigenvalue weighted by atomic mass is 32.1. The van der Waals surface area contributed by atoms with Crippen LogP contribution in [0.15, 0.2) is 54.7 Å². The fourth-order valence-corrected chi connectivity index (χ4v) is 6.07. The number of amides is 1. The molecule has 1 atom stereocenters. The summed E-state index contributed by atoms with van der Waals surface area (Å²) in [6.45, 7) is 4.13. The summed E-state index contributed by atoms with van der Waals surface area (Å²) in [7, 11) is 0. The van der Waals surface area contributed by atoms with Gasteiger partial charge in [0.05, 0.1) is 31.6 Å². The van der Waals surface area contributed by atoms with Gasteiger partial charge >= 0.3 is 0 Å². The van der Waals surface area contributed by atoms with E-state index >= 15 is 0 Å². The van der Waals surface area contributed by atoms with E-state index in [9.17, 15) is 4.79 Å². The van der Waals surface area contributed by atoms with Crippen molar-refractivity contribution in [2.24, 2.45) is 0 Å². The predicted molar refractivity (Wildman–Crippen MR) is 144 cm³/mol. The summed E-state index contributed by atoms with van der Waals surface area (Å²) >= 11 is 1.60. The number of carbonyl (C=O) groups excluding carboxylic acids is 1. The van der Waals surface area contributed by atoms with Crippen molar-refractivity contribution in [3.8, 4) is 11.3 Å². The minimum Gasteiger partial charge on any atom is -0.399 e. The number of morpholine rings is 1. The van der Waals surface area contributed by atoms with Crippen molar-refractivity contribution >= 4 is 28.1 Å². The number of nitrogens with one attached hydrogen (secondary N) is 1. The molecular weight excluding hydrogens is 486 g/mol. The lowest BCUT2D eigenvalue weighted by molar-refractivity contribution is 0.0139. The van der Waals surface area contributed by atoms with Gasteiger partial charge in [-0.1, -0.05) is 29.5 Å². The lowest BCUT2D eigenvalue weighted by Gasteiger charge is -2.36. The smallest absolute Gasteiger partial charge is 0.257 e. The maximum atomic E-state index is 13.0. The first-order chi connectivity index (χ1) is 18.1. The average Bonchev–Trinajstić information content (AvgIpc) is 3.56. The van der Waals surface area contributed by atoms with E-state index in [-0.39, 0.29) is 5.91 Å². The van der Waals surface area contributed by atoms with E-state index in [4.69, 9.17) is 15.5 Å². The van der Waals surface area contributed by atoms with Gasteiger partial charge in [-0.2, -0.15) is 0 Å². The zero-order valence-electron chi connectivity index (χ0n) is 20.5. The van der Waals surface area contributed by atoms with Crippen LogP contribution in [0.3, 0.4) is 0 Å². The zero-order valence-corrected chi connectivity index (χ0v) is 21.3. The van der Waals surface area contributed by atoms with Crippen molar-refractivity contribution < 1.29 is 9.53 Å². The van der Waals surface area contributed by atoms with Crippen molar-refractivity contribution in [3.63, 3.8) is 0 Å². The molecule has 0 spiro atoms. The van der Waals surface area contributed by atoms with Gasteiger partial charge in [0, 0.05) is 40.8 Å². The number of nitrogens with two attached hydrogens (primary N) is 1. The molecule has 9 nitrogen and oxygen atoms in total. The first-order valence-electron chi connectivity index (χ1n) is 12.6. The number of nitrogens with zero attached hydrogens (tertiary/aromatic N) is 5. The second-order valence-electron chi connectivity index (χ2n) is 9.51. The molecule has 2 aromatic heterocycles. The number of anilines is 2. The number of hydrogen-bond acceptors (Lipinski definition) is 8. The quantitative estimate of drug-likeness (QED) is 0.378.